The Morgan fingerprint density at radius 1 is 1.47 bits per heavy atom. The third kappa shape index (κ3) is 4.12. The molecule has 1 rings (SSSR count). The molecule has 0 aromatic heterocycles. The smallest absolute Gasteiger partial charge is 0.227 e. The third-order valence-electron chi connectivity index (χ3n) is 3.80. The van der Waals surface area contributed by atoms with E-state index in [1.165, 1.54) is 0 Å². The standard InChI is InChI=1S/C12H24N2O2.ClH/c1-3-12(4-2,9-13)11(15)14-7-10-5-6-16-8-10;/h10H,3-9,13H2,1-2H3,(H,14,15);1H. The maximum absolute atomic E-state index is 12.1. The molecule has 0 aliphatic carbocycles. The number of hydrogen-bond acceptors (Lipinski definition) is 3. The number of rotatable bonds is 6. The molecular formula is C12H25ClN2O2. The van der Waals surface area contributed by atoms with Crippen LogP contribution in [0.1, 0.15) is 33.1 Å². The molecule has 1 atom stereocenters. The lowest BCUT2D eigenvalue weighted by Crippen LogP contribution is -2.46. The van der Waals surface area contributed by atoms with Crippen molar-refractivity contribution in [2.75, 3.05) is 26.3 Å². The van der Waals surface area contributed by atoms with E-state index in [0.29, 0.717) is 12.5 Å². The Morgan fingerprint density at radius 3 is 2.53 bits per heavy atom. The summed E-state index contributed by atoms with van der Waals surface area (Å²) in [5, 5.41) is 3.02. The summed E-state index contributed by atoms with van der Waals surface area (Å²) >= 11 is 0. The lowest BCUT2D eigenvalue weighted by Gasteiger charge is -2.29. The summed E-state index contributed by atoms with van der Waals surface area (Å²) in [5.41, 5.74) is 5.35. The van der Waals surface area contributed by atoms with E-state index in [9.17, 15) is 4.79 Å². The van der Waals surface area contributed by atoms with Crippen molar-refractivity contribution in [1.29, 1.82) is 0 Å². The van der Waals surface area contributed by atoms with Crippen molar-refractivity contribution in [3.8, 4) is 0 Å². The average molecular weight is 265 g/mol. The molecule has 3 N–H and O–H groups in total. The van der Waals surface area contributed by atoms with Crippen molar-refractivity contribution in [2.45, 2.75) is 33.1 Å². The van der Waals surface area contributed by atoms with Crippen molar-refractivity contribution in [3.05, 3.63) is 0 Å². The first-order valence-electron chi connectivity index (χ1n) is 6.24. The number of amides is 1. The van der Waals surface area contributed by atoms with E-state index >= 15 is 0 Å². The third-order valence-corrected chi connectivity index (χ3v) is 3.80. The summed E-state index contributed by atoms with van der Waals surface area (Å²) in [4.78, 5) is 12.1. The molecule has 4 nitrogen and oxygen atoms in total. The maximum atomic E-state index is 12.1. The molecule has 1 aliphatic rings. The first-order chi connectivity index (χ1) is 7.68. The first-order valence-corrected chi connectivity index (χ1v) is 6.24. The zero-order valence-electron chi connectivity index (χ0n) is 10.8. The van der Waals surface area contributed by atoms with Gasteiger partial charge in [-0.3, -0.25) is 4.79 Å². The van der Waals surface area contributed by atoms with Crippen LogP contribution in [0.4, 0.5) is 0 Å². The second-order valence-electron chi connectivity index (χ2n) is 4.63. The molecule has 0 radical (unpaired) electrons. The summed E-state index contributed by atoms with van der Waals surface area (Å²) in [6.45, 7) is 6.79. The Labute approximate surface area is 110 Å². The molecule has 1 saturated heterocycles. The highest BCUT2D eigenvalue weighted by Gasteiger charge is 2.33. The van der Waals surface area contributed by atoms with Gasteiger partial charge in [-0.25, -0.2) is 0 Å². The number of carbonyl (C=O) groups excluding carboxylic acids is 1. The van der Waals surface area contributed by atoms with E-state index in [4.69, 9.17) is 10.5 Å². The van der Waals surface area contributed by atoms with Gasteiger partial charge in [0.25, 0.3) is 0 Å². The fraction of sp³-hybridized carbons (Fsp3) is 0.917. The van der Waals surface area contributed by atoms with Crippen LogP contribution in [0.3, 0.4) is 0 Å². The molecule has 17 heavy (non-hydrogen) atoms. The van der Waals surface area contributed by atoms with Crippen LogP contribution in [0.15, 0.2) is 0 Å². The zero-order chi connectivity index (χ0) is 12.0. The highest BCUT2D eigenvalue weighted by molar-refractivity contribution is 5.85. The van der Waals surface area contributed by atoms with Gasteiger partial charge in [0, 0.05) is 25.6 Å². The molecule has 0 saturated carbocycles. The van der Waals surface area contributed by atoms with E-state index in [2.05, 4.69) is 5.32 Å². The summed E-state index contributed by atoms with van der Waals surface area (Å²) < 4.78 is 5.28. The minimum atomic E-state index is -0.376. The first kappa shape index (κ1) is 16.7. The molecule has 1 unspecified atom stereocenters. The van der Waals surface area contributed by atoms with Gasteiger partial charge in [-0.2, -0.15) is 0 Å². The Morgan fingerprint density at radius 2 is 2.12 bits per heavy atom. The minimum Gasteiger partial charge on any atom is -0.381 e. The topological polar surface area (TPSA) is 64.4 Å². The Hall–Kier alpha value is -0.320. The molecule has 0 spiro atoms. The molecule has 1 heterocycles. The minimum absolute atomic E-state index is 0. The van der Waals surface area contributed by atoms with Crippen LogP contribution in [0.2, 0.25) is 0 Å². The van der Waals surface area contributed by atoms with Crippen molar-refractivity contribution < 1.29 is 9.53 Å². The van der Waals surface area contributed by atoms with Gasteiger partial charge < -0.3 is 15.8 Å². The molecule has 0 bridgehead atoms. The predicted octanol–water partition coefficient (Wildman–Crippen LogP) is 1.33. The molecule has 1 fully saturated rings. The highest BCUT2D eigenvalue weighted by atomic mass is 35.5. The van der Waals surface area contributed by atoms with Crippen LogP contribution in [0.5, 0.6) is 0 Å². The fourth-order valence-electron chi connectivity index (χ4n) is 2.12. The predicted molar refractivity (Wildman–Crippen MR) is 71.3 cm³/mol. The molecule has 5 heteroatoms. The lowest BCUT2D eigenvalue weighted by molar-refractivity contribution is -0.131. The van der Waals surface area contributed by atoms with Crippen molar-refractivity contribution in [1.82, 2.24) is 5.32 Å². The number of nitrogens with two attached hydrogens (primary N) is 1. The number of carbonyl (C=O) groups is 1. The SMILES string of the molecule is CCC(CC)(CN)C(=O)NCC1CCOC1.Cl. The van der Waals surface area contributed by atoms with Crippen LogP contribution < -0.4 is 11.1 Å². The number of halogens is 1. The van der Waals surface area contributed by atoms with E-state index in [1.54, 1.807) is 0 Å². The molecule has 1 aliphatic heterocycles. The molecular weight excluding hydrogens is 240 g/mol. The van der Waals surface area contributed by atoms with Gasteiger partial charge in [-0.15, -0.1) is 12.4 Å². The monoisotopic (exact) mass is 264 g/mol. The second-order valence-corrected chi connectivity index (χ2v) is 4.63. The maximum Gasteiger partial charge on any atom is 0.227 e. The van der Waals surface area contributed by atoms with Crippen LogP contribution in [-0.4, -0.2) is 32.2 Å². The normalized spacial score (nSPS) is 19.8. The Balaban J connectivity index is 0.00000256. The lowest BCUT2D eigenvalue weighted by atomic mass is 9.81. The highest BCUT2D eigenvalue weighted by Crippen LogP contribution is 2.25. The van der Waals surface area contributed by atoms with Crippen LogP contribution >= 0.6 is 12.4 Å². The number of nitrogens with one attached hydrogen (secondary N) is 1. The van der Waals surface area contributed by atoms with Gasteiger partial charge >= 0.3 is 0 Å². The van der Waals surface area contributed by atoms with Crippen molar-refractivity contribution >= 4 is 18.3 Å². The van der Waals surface area contributed by atoms with Crippen LogP contribution in [0, 0.1) is 11.3 Å². The van der Waals surface area contributed by atoms with E-state index in [-0.39, 0.29) is 23.7 Å². The zero-order valence-corrected chi connectivity index (χ0v) is 11.6. The van der Waals surface area contributed by atoms with Gasteiger partial charge in [-0.05, 0) is 19.3 Å². The molecule has 0 aromatic rings. The summed E-state index contributed by atoms with van der Waals surface area (Å²) in [6.07, 6.45) is 2.65. The van der Waals surface area contributed by atoms with Gasteiger partial charge in [0.05, 0.1) is 12.0 Å². The number of hydrogen-bond donors (Lipinski definition) is 2. The Bertz CT molecular complexity index is 218. The average Bonchev–Trinajstić information content (AvgIpc) is 2.82. The van der Waals surface area contributed by atoms with Crippen LogP contribution in [0.25, 0.3) is 0 Å². The largest absolute Gasteiger partial charge is 0.381 e. The van der Waals surface area contributed by atoms with Crippen LogP contribution in [-0.2, 0) is 9.53 Å². The Kier molecular flexibility index (Phi) is 7.75. The van der Waals surface area contributed by atoms with Gasteiger partial charge in [0.15, 0.2) is 0 Å². The van der Waals surface area contributed by atoms with E-state index < -0.39 is 0 Å². The number of ether oxygens (including phenoxy) is 1. The van der Waals surface area contributed by atoms with Gasteiger partial charge in [0.2, 0.25) is 5.91 Å². The quantitative estimate of drug-likeness (QED) is 0.761. The molecule has 1 amide bonds. The van der Waals surface area contributed by atoms with Gasteiger partial charge in [-0.1, -0.05) is 13.8 Å². The van der Waals surface area contributed by atoms with Crippen molar-refractivity contribution in [3.63, 3.8) is 0 Å². The molecule has 0 aromatic carbocycles. The fourth-order valence-corrected chi connectivity index (χ4v) is 2.12. The molecule has 102 valence electrons. The summed E-state index contributed by atoms with van der Waals surface area (Å²) in [7, 11) is 0. The van der Waals surface area contributed by atoms with Crippen molar-refractivity contribution in [2.24, 2.45) is 17.1 Å². The van der Waals surface area contributed by atoms with E-state index in [1.807, 2.05) is 13.8 Å². The summed E-state index contributed by atoms with van der Waals surface area (Å²) in [5.74, 6) is 0.583. The summed E-state index contributed by atoms with van der Waals surface area (Å²) in [6, 6.07) is 0. The van der Waals surface area contributed by atoms with E-state index in [0.717, 1.165) is 39.0 Å². The second kappa shape index (κ2) is 7.90. The van der Waals surface area contributed by atoms with Gasteiger partial charge in [0.1, 0.15) is 0 Å².